The fourth-order valence-electron chi connectivity index (χ4n) is 2.42. The quantitative estimate of drug-likeness (QED) is 0.853. The van der Waals surface area contributed by atoms with Crippen molar-refractivity contribution in [3.8, 4) is 11.5 Å². The van der Waals surface area contributed by atoms with Crippen molar-refractivity contribution >= 4 is 11.6 Å². The molecule has 1 aliphatic rings. The van der Waals surface area contributed by atoms with Crippen LogP contribution in [0.15, 0.2) is 59.7 Å². The van der Waals surface area contributed by atoms with Crippen LogP contribution in [0.3, 0.4) is 0 Å². The maximum atomic E-state index is 12.2. The fourth-order valence-corrected chi connectivity index (χ4v) is 2.42. The summed E-state index contributed by atoms with van der Waals surface area (Å²) in [5.74, 6) is 0.992. The minimum absolute atomic E-state index is 0.0635. The number of para-hydroxylation sites is 2. The van der Waals surface area contributed by atoms with Crippen LogP contribution >= 0.6 is 0 Å². The van der Waals surface area contributed by atoms with Crippen molar-refractivity contribution in [2.45, 2.75) is 6.42 Å². The summed E-state index contributed by atoms with van der Waals surface area (Å²) < 4.78 is 10.8. The summed E-state index contributed by atoms with van der Waals surface area (Å²) in [5, 5.41) is 5.87. The highest BCUT2D eigenvalue weighted by molar-refractivity contribution is 6.02. The third-order valence-corrected chi connectivity index (χ3v) is 3.62. The van der Waals surface area contributed by atoms with Gasteiger partial charge < -0.3 is 9.47 Å². The fraction of sp³-hybridized carbons (Fsp3) is 0.222. The maximum absolute atomic E-state index is 12.2. The number of methoxy groups -OCH3 is 1. The average molecular weight is 310 g/mol. The van der Waals surface area contributed by atoms with Crippen molar-refractivity contribution in [2.75, 3.05) is 20.3 Å². The van der Waals surface area contributed by atoms with E-state index < -0.39 is 0 Å². The predicted octanol–water partition coefficient (Wildman–Crippen LogP) is 2.71. The number of hydrogen-bond donors (Lipinski definition) is 0. The van der Waals surface area contributed by atoms with Gasteiger partial charge >= 0.3 is 0 Å². The molecule has 1 amide bonds. The first-order chi connectivity index (χ1) is 11.3. The van der Waals surface area contributed by atoms with Crippen LogP contribution in [0, 0.1) is 0 Å². The summed E-state index contributed by atoms with van der Waals surface area (Å²) in [7, 11) is 1.57. The molecule has 0 atom stereocenters. The lowest BCUT2D eigenvalue weighted by Gasteiger charge is -2.13. The molecule has 0 saturated carbocycles. The summed E-state index contributed by atoms with van der Waals surface area (Å²) >= 11 is 0. The molecular formula is C18H18N2O3. The third-order valence-electron chi connectivity index (χ3n) is 3.62. The van der Waals surface area contributed by atoms with E-state index in [0.29, 0.717) is 18.0 Å². The first-order valence-corrected chi connectivity index (χ1v) is 7.47. The van der Waals surface area contributed by atoms with E-state index in [0.717, 1.165) is 17.7 Å². The minimum Gasteiger partial charge on any atom is -0.493 e. The molecule has 1 aliphatic heterocycles. The highest BCUT2D eigenvalue weighted by atomic mass is 16.5. The molecule has 1 heterocycles. The van der Waals surface area contributed by atoms with Gasteiger partial charge in [-0.3, -0.25) is 4.79 Å². The lowest BCUT2D eigenvalue weighted by atomic mass is 10.1. The summed E-state index contributed by atoms with van der Waals surface area (Å²) in [6.07, 6.45) is 0.754. The van der Waals surface area contributed by atoms with Gasteiger partial charge in [-0.2, -0.15) is 5.10 Å². The summed E-state index contributed by atoms with van der Waals surface area (Å²) in [6, 6.07) is 17.1. The van der Waals surface area contributed by atoms with Gasteiger partial charge in [0, 0.05) is 6.42 Å². The van der Waals surface area contributed by atoms with Gasteiger partial charge in [0.05, 0.1) is 19.4 Å². The number of amides is 1. The summed E-state index contributed by atoms with van der Waals surface area (Å²) in [5.41, 5.74) is 1.98. The second-order valence-electron chi connectivity index (χ2n) is 5.12. The van der Waals surface area contributed by atoms with Crippen molar-refractivity contribution in [1.82, 2.24) is 5.01 Å². The van der Waals surface area contributed by atoms with Crippen LogP contribution in [0.25, 0.3) is 0 Å². The number of ether oxygens (including phenoxy) is 2. The molecule has 0 aromatic heterocycles. The number of nitrogens with zero attached hydrogens (tertiary/aromatic N) is 2. The number of rotatable bonds is 5. The van der Waals surface area contributed by atoms with Crippen molar-refractivity contribution in [3.05, 3.63) is 60.2 Å². The lowest BCUT2D eigenvalue weighted by molar-refractivity contribution is -0.132. The van der Waals surface area contributed by atoms with Gasteiger partial charge in [0.2, 0.25) is 0 Å². The molecule has 2 aromatic rings. The number of hydrazone groups is 1. The first kappa shape index (κ1) is 15.1. The molecule has 0 spiro atoms. The molecule has 5 nitrogen and oxygen atoms in total. The minimum atomic E-state index is -0.165. The molecule has 0 aliphatic carbocycles. The van der Waals surface area contributed by atoms with E-state index in [1.807, 2.05) is 42.5 Å². The Balaban J connectivity index is 1.62. The van der Waals surface area contributed by atoms with Crippen LogP contribution in [0.4, 0.5) is 0 Å². The monoisotopic (exact) mass is 310 g/mol. The van der Waals surface area contributed by atoms with E-state index in [2.05, 4.69) is 5.10 Å². The van der Waals surface area contributed by atoms with Crippen molar-refractivity contribution in [2.24, 2.45) is 5.10 Å². The molecule has 23 heavy (non-hydrogen) atoms. The van der Waals surface area contributed by atoms with Crippen LogP contribution in [0.1, 0.15) is 12.0 Å². The van der Waals surface area contributed by atoms with Gasteiger partial charge in [-0.15, -0.1) is 0 Å². The highest BCUT2D eigenvalue weighted by Crippen LogP contribution is 2.25. The van der Waals surface area contributed by atoms with E-state index in [4.69, 9.17) is 9.47 Å². The lowest BCUT2D eigenvalue weighted by Crippen LogP contribution is -2.28. The van der Waals surface area contributed by atoms with Crippen molar-refractivity contribution < 1.29 is 14.3 Å². The normalized spacial score (nSPS) is 13.6. The predicted molar refractivity (Wildman–Crippen MR) is 87.8 cm³/mol. The van der Waals surface area contributed by atoms with E-state index in [9.17, 15) is 4.79 Å². The van der Waals surface area contributed by atoms with Crippen molar-refractivity contribution in [1.29, 1.82) is 0 Å². The molecule has 0 unspecified atom stereocenters. The average Bonchev–Trinajstić information content (AvgIpc) is 3.11. The zero-order chi connectivity index (χ0) is 16.1. The standard InChI is InChI=1S/C18H18N2O3/c1-22-16-9-5-6-10-17(16)23-13-18(21)20-12-11-15(19-20)14-7-3-2-4-8-14/h2-10H,11-13H2,1H3. The molecule has 0 N–H and O–H groups in total. The SMILES string of the molecule is COc1ccccc1OCC(=O)N1CCC(c2ccccc2)=N1. The third kappa shape index (κ3) is 3.51. The summed E-state index contributed by atoms with van der Waals surface area (Å²) in [6.45, 7) is 0.518. The maximum Gasteiger partial charge on any atom is 0.280 e. The van der Waals surface area contributed by atoms with Gasteiger partial charge in [0.25, 0.3) is 5.91 Å². The van der Waals surface area contributed by atoms with Gasteiger partial charge in [0.15, 0.2) is 18.1 Å². The Bertz CT molecular complexity index is 713. The Hall–Kier alpha value is -2.82. The van der Waals surface area contributed by atoms with Gasteiger partial charge in [0.1, 0.15) is 0 Å². The molecular weight excluding hydrogens is 292 g/mol. The zero-order valence-corrected chi connectivity index (χ0v) is 12.9. The Labute approximate surface area is 135 Å². The van der Waals surface area contributed by atoms with Crippen LogP contribution in [0.5, 0.6) is 11.5 Å². The molecule has 0 bridgehead atoms. The Morgan fingerprint density at radius 2 is 1.78 bits per heavy atom. The Morgan fingerprint density at radius 3 is 2.52 bits per heavy atom. The zero-order valence-electron chi connectivity index (χ0n) is 12.9. The van der Waals surface area contributed by atoms with E-state index in [-0.39, 0.29) is 12.5 Å². The molecule has 0 saturated heterocycles. The molecule has 3 rings (SSSR count). The Kier molecular flexibility index (Phi) is 4.57. The van der Waals surface area contributed by atoms with E-state index >= 15 is 0 Å². The van der Waals surface area contributed by atoms with Crippen LogP contribution in [-0.4, -0.2) is 36.9 Å². The van der Waals surface area contributed by atoms with Gasteiger partial charge in [-0.05, 0) is 17.7 Å². The topological polar surface area (TPSA) is 51.1 Å². The molecule has 118 valence electrons. The number of carbonyl (C=O) groups excluding carboxylic acids is 1. The van der Waals surface area contributed by atoms with Gasteiger partial charge in [-0.25, -0.2) is 5.01 Å². The number of hydrogen-bond acceptors (Lipinski definition) is 4. The van der Waals surface area contributed by atoms with E-state index in [1.54, 1.807) is 19.2 Å². The number of benzene rings is 2. The second-order valence-corrected chi connectivity index (χ2v) is 5.12. The van der Waals surface area contributed by atoms with Crippen LogP contribution in [0.2, 0.25) is 0 Å². The van der Waals surface area contributed by atoms with E-state index in [1.165, 1.54) is 5.01 Å². The molecule has 0 radical (unpaired) electrons. The molecule has 0 fully saturated rings. The van der Waals surface area contributed by atoms with Crippen molar-refractivity contribution in [3.63, 3.8) is 0 Å². The highest BCUT2D eigenvalue weighted by Gasteiger charge is 2.22. The first-order valence-electron chi connectivity index (χ1n) is 7.47. The largest absolute Gasteiger partial charge is 0.493 e. The van der Waals surface area contributed by atoms with Gasteiger partial charge in [-0.1, -0.05) is 42.5 Å². The Morgan fingerprint density at radius 1 is 1.09 bits per heavy atom. The van der Waals surface area contributed by atoms with Crippen LogP contribution in [-0.2, 0) is 4.79 Å². The number of carbonyl (C=O) groups is 1. The summed E-state index contributed by atoms with van der Waals surface area (Å²) in [4.78, 5) is 12.2. The molecule has 5 heteroatoms. The molecule has 2 aromatic carbocycles. The second kappa shape index (κ2) is 6.96. The van der Waals surface area contributed by atoms with Crippen LogP contribution < -0.4 is 9.47 Å². The smallest absolute Gasteiger partial charge is 0.280 e.